The summed E-state index contributed by atoms with van der Waals surface area (Å²) in [4.78, 5) is 31.9. The number of hydrogen-bond acceptors (Lipinski definition) is 12. The molecule has 3 fully saturated rings. The summed E-state index contributed by atoms with van der Waals surface area (Å²) in [5, 5.41) is 8.14. The first kappa shape index (κ1) is 31.6. The van der Waals surface area contributed by atoms with E-state index < -0.39 is 5.60 Å². The van der Waals surface area contributed by atoms with Crippen LogP contribution in [0.15, 0.2) is 18.2 Å². The number of piperidine rings is 1. The number of morpholine rings is 1. The molecule has 4 N–H and O–H groups in total. The van der Waals surface area contributed by atoms with Gasteiger partial charge in [-0.3, -0.25) is 0 Å². The van der Waals surface area contributed by atoms with E-state index in [9.17, 15) is 4.79 Å². The number of thiazole rings is 1. The number of methoxy groups -OCH3 is 1. The van der Waals surface area contributed by atoms with Crippen molar-refractivity contribution >= 4 is 45.1 Å². The lowest BCUT2D eigenvalue weighted by Crippen LogP contribution is -2.47. The van der Waals surface area contributed by atoms with Crippen molar-refractivity contribution in [2.75, 3.05) is 62.0 Å². The van der Waals surface area contributed by atoms with E-state index >= 15 is 0 Å². The number of carbonyl (C=O) groups excluding carboxylic acids is 1. The Morgan fingerprint density at radius 2 is 1.84 bits per heavy atom. The van der Waals surface area contributed by atoms with Crippen LogP contribution in [0.3, 0.4) is 0 Å². The van der Waals surface area contributed by atoms with Gasteiger partial charge in [-0.1, -0.05) is 18.9 Å². The summed E-state index contributed by atoms with van der Waals surface area (Å²) in [5.74, 6) is 1.68. The molecule has 1 aliphatic carbocycles. The summed E-state index contributed by atoms with van der Waals surface area (Å²) < 4.78 is 18.3. The number of rotatable bonds is 7. The third-order valence-corrected chi connectivity index (χ3v) is 9.60. The highest BCUT2D eigenvalue weighted by molar-refractivity contribution is 7.21. The minimum atomic E-state index is -0.555. The Morgan fingerprint density at radius 3 is 2.60 bits per heavy atom. The molecule has 4 heterocycles. The summed E-state index contributed by atoms with van der Waals surface area (Å²) in [6.45, 7) is 9.44. The maximum absolute atomic E-state index is 12.9. The zero-order valence-electron chi connectivity index (χ0n) is 26.8. The number of fused-ring (bicyclic) bond motifs is 1. The molecule has 6 rings (SSSR count). The lowest BCUT2D eigenvalue weighted by molar-refractivity contribution is 0.0206. The van der Waals surface area contributed by atoms with Gasteiger partial charge in [0, 0.05) is 44.3 Å². The second-order valence-electron chi connectivity index (χ2n) is 13.1. The molecular weight excluding hydrogens is 592 g/mol. The molecule has 2 aliphatic heterocycles. The number of benzene rings is 1. The van der Waals surface area contributed by atoms with Crippen LogP contribution in [0.2, 0.25) is 0 Å². The normalized spacial score (nSPS) is 22.7. The van der Waals surface area contributed by atoms with E-state index in [1.807, 2.05) is 20.8 Å². The quantitative estimate of drug-likeness (QED) is 0.319. The first-order valence-corrected chi connectivity index (χ1v) is 17.0. The molecule has 3 aromatic rings. The van der Waals surface area contributed by atoms with Gasteiger partial charge in [0.1, 0.15) is 27.5 Å². The number of para-hydroxylation sites is 1. The summed E-state index contributed by atoms with van der Waals surface area (Å²) in [6, 6.07) is 6.53. The Hall–Kier alpha value is -3.42. The predicted molar refractivity (Wildman–Crippen MR) is 179 cm³/mol. The fourth-order valence-electron chi connectivity index (χ4n) is 6.27. The van der Waals surface area contributed by atoms with Gasteiger partial charge < -0.3 is 40.4 Å². The topological polar surface area (TPSA) is 140 Å². The van der Waals surface area contributed by atoms with E-state index in [1.165, 1.54) is 12.8 Å². The fraction of sp³-hybridized carbons (Fsp3) is 0.625. The van der Waals surface area contributed by atoms with Crippen LogP contribution in [-0.2, 0) is 9.47 Å². The van der Waals surface area contributed by atoms with Crippen LogP contribution in [0.1, 0.15) is 59.3 Å². The molecule has 0 bridgehead atoms. The Kier molecular flexibility index (Phi) is 9.48. The number of nitrogens with two attached hydrogens (primary N) is 1. The largest absolute Gasteiger partial charge is 0.480 e. The number of likely N-dealkylation sites (tertiary alicyclic amines) is 1. The molecule has 0 spiro atoms. The van der Waals surface area contributed by atoms with E-state index in [0.29, 0.717) is 62.6 Å². The Balaban J connectivity index is 1.35. The first-order chi connectivity index (χ1) is 21.7. The zero-order chi connectivity index (χ0) is 31.6. The van der Waals surface area contributed by atoms with Gasteiger partial charge in [-0.25, -0.2) is 9.78 Å². The first-order valence-electron chi connectivity index (χ1n) is 16.1. The van der Waals surface area contributed by atoms with E-state index in [1.54, 1.807) is 23.3 Å². The number of nitrogens with zero attached hydrogens (tertiary/aromatic N) is 5. The fourth-order valence-corrected chi connectivity index (χ4v) is 7.30. The Bertz CT molecular complexity index is 1490. The van der Waals surface area contributed by atoms with Gasteiger partial charge in [0.15, 0.2) is 0 Å². The number of hydrogen-bond donors (Lipinski definition) is 3. The van der Waals surface area contributed by atoms with Gasteiger partial charge >= 0.3 is 6.09 Å². The SMILES string of the molecule is COc1nc(N2CCOCC2)nc(NC2CCCN(C(=O)OC(C)(C)C)C2)c1-c1nc2c(NC3CCCC[C@H]3N)cccc2s1. The molecule has 2 unspecified atom stereocenters. The standard InChI is InChI=1S/C32H46N8O4S/c1-32(2,3)44-31(41)40-14-8-9-20(19-40)34-27-25(28(42-4)38-30(37-27)39-15-17-43-18-16-39)29-36-26-23(12-7-13-24(26)45-29)35-22-11-6-5-10-21(22)33/h7,12-13,20-22,35H,5-6,8-11,14-19,33H2,1-4H3,(H,34,37,38)/t20?,21-,22?/m1/s1. The number of nitrogens with one attached hydrogen (secondary N) is 2. The van der Waals surface area contributed by atoms with Gasteiger partial charge in [0.25, 0.3) is 0 Å². The molecule has 3 aliphatic rings. The molecule has 1 amide bonds. The monoisotopic (exact) mass is 638 g/mol. The van der Waals surface area contributed by atoms with Crippen molar-refractivity contribution in [2.24, 2.45) is 5.73 Å². The summed E-state index contributed by atoms with van der Waals surface area (Å²) in [7, 11) is 1.63. The molecule has 1 aromatic carbocycles. The highest BCUT2D eigenvalue weighted by atomic mass is 32.1. The lowest BCUT2D eigenvalue weighted by Gasteiger charge is -2.35. The Morgan fingerprint density at radius 1 is 1.04 bits per heavy atom. The molecule has 3 atom stereocenters. The Labute approximate surface area is 269 Å². The maximum atomic E-state index is 12.9. The number of carbonyl (C=O) groups is 1. The van der Waals surface area contributed by atoms with Crippen molar-refractivity contribution in [2.45, 2.75) is 83.0 Å². The number of amides is 1. The molecule has 2 aromatic heterocycles. The second-order valence-corrected chi connectivity index (χ2v) is 14.2. The molecule has 12 nitrogen and oxygen atoms in total. The summed E-state index contributed by atoms with van der Waals surface area (Å²) in [5.41, 5.74) is 8.52. The van der Waals surface area contributed by atoms with Crippen molar-refractivity contribution in [3.8, 4) is 16.5 Å². The number of ether oxygens (including phenoxy) is 3. The van der Waals surface area contributed by atoms with Gasteiger partial charge in [-0.2, -0.15) is 9.97 Å². The second kappa shape index (κ2) is 13.5. The van der Waals surface area contributed by atoms with Crippen LogP contribution in [0.25, 0.3) is 20.8 Å². The van der Waals surface area contributed by atoms with Crippen molar-refractivity contribution in [1.82, 2.24) is 19.9 Å². The molecule has 45 heavy (non-hydrogen) atoms. The van der Waals surface area contributed by atoms with Crippen LogP contribution in [0, 0.1) is 0 Å². The van der Waals surface area contributed by atoms with Crippen molar-refractivity contribution in [3.63, 3.8) is 0 Å². The molecule has 0 radical (unpaired) electrons. The number of aromatic nitrogens is 3. The van der Waals surface area contributed by atoms with Gasteiger partial charge in [-0.05, 0) is 58.6 Å². The predicted octanol–water partition coefficient (Wildman–Crippen LogP) is 5.09. The van der Waals surface area contributed by atoms with E-state index in [-0.39, 0.29) is 24.2 Å². The van der Waals surface area contributed by atoms with Crippen LogP contribution in [0.5, 0.6) is 5.88 Å². The van der Waals surface area contributed by atoms with Crippen molar-refractivity contribution < 1.29 is 19.0 Å². The van der Waals surface area contributed by atoms with Gasteiger partial charge in [0.2, 0.25) is 11.8 Å². The average Bonchev–Trinajstić information content (AvgIpc) is 3.46. The third-order valence-electron chi connectivity index (χ3n) is 8.56. The molecule has 13 heteroatoms. The van der Waals surface area contributed by atoms with Crippen LogP contribution in [-0.4, -0.2) is 96.2 Å². The van der Waals surface area contributed by atoms with E-state index in [0.717, 1.165) is 46.6 Å². The van der Waals surface area contributed by atoms with E-state index in [2.05, 4.69) is 33.7 Å². The minimum Gasteiger partial charge on any atom is -0.480 e. The van der Waals surface area contributed by atoms with Gasteiger partial charge in [-0.15, -0.1) is 11.3 Å². The maximum Gasteiger partial charge on any atom is 0.410 e. The third kappa shape index (κ3) is 7.36. The minimum absolute atomic E-state index is 0.0402. The van der Waals surface area contributed by atoms with E-state index in [4.69, 9.17) is 34.9 Å². The van der Waals surface area contributed by atoms with Crippen LogP contribution in [0.4, 0.5) is 22.2 Å². The van der Waals surface area contributed by atoms with Crippen LogP contribution < -0.4 is 26.0 Å². The summed E-state index contributed by atoms with van der Waals surface area (Å²) >= 11 is 1.59. The highest BCUT2D eigenvalue weighted by Crippen LogP contribution is 2.42. The van der Waals surface area contributed by atoms with Crippen LogP contribution >= 0.6 is 11.3 Å². The van der Waals surface area contributed by atoms with Crippen molar-refractivity contribution in [1.29, 1.82) is 0 Å². The smallest absolute Gasteiger partial charge is 0.410 e. The summed E-state index contributed by atoms with van der Waals surface area (Å²) in [6.07, 6.45) is 5.87. The average molecular weight is 639 g/mol. The molecule has 2 saturated heterocycles. The lowest BCUT2D eigenvalue weighted by atomic mass is 9.91. The van der Waals surface area contributed by atoms with Gasteiger partial charge in [0.05, 0.1) is 30.7 Å². The zero-order valence-corrected chi connectivity index (χ0v) is 27.6. The molecule has 244 valence electrons. The highest BCUT2D eigenvalue weighted by Gasteiger charge is 2.31. The molecular formula is C32H46N8O4S. The van der Waals surface area contributed by atoms with Crippen molar-refractivity contribution in [3.05, 3.63) is 18.2 Å². The number of anilines is 3. The molecule has 1 saturated carbocycles.